The van der Waals surface area contributed by atoms with Crippen molar-refractivity contribution in [1.82, 2.24) is 4.98 Å². The zero-order chi connectivity index (χ0) is 17.2. The molecule has 0 fully saturated rings. The first-order valence-electron chi connectivity index (χ1n) is 7.20. The molecular weight excluding hydrogens is 324 g/mol. The van der Waals surface area contributed by atoms with Gasteiger partial charge in [-0.3, -0.25) is 4.98 Å². The molecule has 0 aliphatic rings. The molecule has 6 heteroatoms. The van der Waals surface area contributed by atoms with E-state index in [4.69, 9.17) is 9.88 Å². The van der Waals surface area contributed by atoms with Gasteiger partial charge in [-0.15, -0.1) is 0 Å². The molecule has 5 nitrogen and oxygen atoms in total. The van der Waals surface area contributed by atoms with Crippen molar-refractivity contribution < 1.29 is 13.2 Å². The average Bonchev–Trinajstić information content (AvgIpc) is 2.61. The van der Waals surface area contributed by atoms with Gasteiger partial charge in [-0.1, -0.05) is 24.3 Å². The van der Waals surface area contributed by atoms with Crippen LogP contribution in [0.3, 0.4) is 0 Å². The van der Waals surface area contributed by atoms with Gasteiger partial charge in [0.15, 0.2) is 0 Å². The van der Waals surface area contributed by atoms with Crippen molar-refractivity contribution in [3.05, 3.63) is 67.0 Å². The Morgan fingerprint density at radius 1 is 0.833 bits per heavy atom. The number of pyridine rings is 1. The van der Waals surface area contributed by atoms with E-state index in [1.807, 2.05) is 30.3 Å². The summed E-state index contributed by atoms with van der Waals surface area (Å²) in [6.45, 7) is 0. The second kappa shape index (κ2) is 6.43. The minimum atomic E-state index is -3.69. The second-order valence-corrected chi connectivity index (χ2v) is 6.82. The third kappa shape index (κ3) is 3.45. The van der Waals surface area contributed by atoms with Gasteiger partial charge in [-0.05, 0) is 41.5 Å². The molecule has 0 amide bonds. The molecule has 0 saturated heterocycles. The molecule has 3 rings (SSSR count). The first kappa shape index (κ1) is 16.2. The van der Waals surface area contributed by atoms with Crippen LogP contribution in [0.4, 0.5) is 0 Å². The molecule has 2 N–H and O–H groups in total. The number of nitrogens with zero attached hydrogens (tertiary/aromatic N) is 1. The molecule has 0 atom stereocenters. The lowest BCUT2D eigenvalue weighted by atomic mass is 10.0. The molecule has 122 valence electrons. The van der Waals surface area contributed by atoms with E-state index in [2.05, 4.69) is 4.98 Å². The highest BCUT2D eigenvalue weighted by Gasteiger charge is 2.08. The first-order chi connectivity index (χ1) is 11.5. The van der Waals surface area contributed by atoms with E-state index in [1.165, 1.54) is 12.1 Å². The number of methoxy groups -OCH3 is 1. The molecule has 0 saturated carbocycles. The molecule has 0 aliphatic carbocycles. The lowest BCUT2D eigenvalue weighted by Crippen LogP contribution is -2.11. The van der Waals surface area contributed by atoms with Gasteiger partial charge in [0, 0.05) is 23.5 Å². The van der Waals surface area contributed by atoms with Crippen molar-refractivity contribution in [1.29, 1.82) is 0 Å². The minimum absolute atomic E-state index is 0.0884. The van der Waals surface area contributed by atoms with Crippen LogP contribution in [0.1, 0.15) is 0 Å². The molecule has 24 heavy (non-hydrogen) atoms. The summed E-state index contributed by atoms with van der Waals surface area (Å²) in [6, 6.07) is 16.1. The van der Waals surface area contributed by atoms with Crippen LogP contribution >= 0.6 is 0 Å². The Morgan fingerprint density at radius 3 is 1.79 bits per heavy atom. The summed E-state index contributed by atoms with van der Waals surface area (Å²) in [7, 11) is -2.06. The Hall–Kier alpha value is -2.70. The van der Waals surface area contributed by atoms with Gasteiger partial charge < -0.3 is 4.74 Å². The molecule has 0 aliphatic heterocycles. The fourth-order valence-electron chi connectivity index (χ4n) is 2.38. The molecular formula is C18H16N2O3S. The normalized spacial score (nSPS) is 11.2. The molecule has 0 bridgehead atoms. The van der Waals surface area contributed by atoms with E-state index in [1.54, 1.807) is 31.6 Å². The number of aromatic nitrogens is 1. The van der Waals surface area contributed by atoms with Gasteiger partial charge in [-0.25, -0.2) is 13.6 Å². The lowest BCUT2D eigenvalue weighted by Gasteiger charge is -2.07. The third-order valence-corrected chi connectivity index (χ3v) is 4.61. The van der Waals surface area contributed by atoms with E-state index >= 15 is 0 Å². The maximum atomic E-state index is 11.3. The Morgan fingerprint density at radius 2 is 1.33 bits per heavy atom. The Balaban J connectivity index is 1.95. The maximum absolute atomic E-state index is 11.3. The van der Waals surface area contributed by atoms with E-state index in [9.17, 15) is 8.42 Å². The van der Waals surface area contributed by atoms with Gasteiger partial charge in [0.1, 0.15) is 5.75 Å². The van der Waals surface area contributed by atoms with Crippen molar-refractivity contribution in [2.45, 2.75) is 4.90 Å². The average molecular weight is 340 g/mol. The van der Waals surface area contributed by atoms with E-state index in [-0.39, 0.29) is 4.90 Å². The number of ether oxygens (including phenoxy) is 1. The molecule has 2 aromatic carbocycles. The monoisotopic (exact) mass is 340 g/mol. The number of benzene rings is 2. The third-order valence-electron chi connectivity index (χ3n) is 3.68. The largest absolute Gasteiger partial charge is 0.497 e. The van der Waals surface area contributed by atoms with Crippen LogP contribution in [0.15, 0.2) is 71.9 Å². The SMILES string of the molecule is COc1ccc(-c2cncc(-c3ccc(S(N)(=O)=O)cc3)c2)cc1. The van der Waals surface area contributed by atoms with Crippen LogP contribution in [-0.4, -0.2) is 20.5 Å². The summed E-state index contributed by atoms with van der Waals surface area (Å²) in [6.07, 6.45) is 3.52. The Kier molecular flexibility index (Phi) is 4.33. The number of rotatable bonds is 4. The van der Waals surface area contributed by atoms with Crippen LogP contribution in [-0.2, 0) is 10.0 Å². The number of nitrogens with two attached hydrogens (primary N) is 1. The lowest BCUT2D eigenvalue weighted by molar-refractivity contribution is 0.415. The van der Waals surface area contributed by atoms with Crippen LogP contribution in [0.5, 0.6) is 5.75 Å². The van der Waals surface area contributed by atoms with Crippen LogP contribution in [0.25, 0.3) is 22.3 Å². The molecule has 0 spiro atoms. The standard InChI is InChI=1S/C18H16N2O3S/c1-23-17-6-2-13(3-7-17)15-10-16(12-20-11-15)14-4-8-18(9-5-14)24(19,21)22/h2-12H,1H3,(H2,19,21,22). The summed E-state index contributed by atoms with van der Waals surface area (Å²) >= 11 is 0. The number of hydrogen-bond acceptors (Lipinski definition) is 4. The zero-order valence-corrected chi connectivity index (χ0v) is 13.8. The molecule has 3 aromatic rings. The minimum Gasteiger partial charge on any atom is -0.497 e. The van der Waals surface area contributed by atoms with Gasteiger partial charge in [0.05, 0.1) is 12.0 Å². The fraction of sp³-hybridized carbons (Fsp3) is 0.0556. The van der Waals surface area contributed by atoms with Gasteiger partial charge in [0.2, 0.25) is 10.0 Å². The molecule has 1 aromatic heterocycles. The summed E-state index contributed by atoms with van der Waals surface area (Å²) in [5.41, 5.74) is 3.74. The van der Waals surface area contributed by atoms with E-state index in [0.717, 1.165) is 28.0 Å². The summed E-state index contributed by atoms with van der Waals surface area (Å²) in [5, 5.41) is 5.12. The summed E-state index contributed by atoms with van der Waals surface area (Å²) in [5.74, 6) is 0.793. The van der Waals surface area contributed by atoms with Crippen LogP contribution < -0.4 is 9.88 Å². The Bertz CT molecular complexity index is 950. The molecule has 1 heterocycles. The topological polar surface area (TPSA) is 82.3 Å². The van der Waals surface area contributed by atoms with Crippen molar-refractivity contribution >= 4 is 10.0 Å². The molecule has 0 unspecified atom stereocenters. The molecule has 0 radical (unpaired) electrons. The predicted molar refractivity (Wildman–Crippen MR) is 93.0 cm³/mol. The summed E-state index contributed by atoms with van der Waals surface area (Å²) < 4.78 is 27.8. The highest BCUT2D eigenvalue weighted by atomic mass is 32.2. The van der Waals surface area contributed by atoms with E-state index in [0.29, 0.717) is 0 Å². The second-order valence-electron chi connectivity index (χ2n) is 5.26. The number of sulfonamides is 1. The first-order valence-corrected chi connectivity index (χ1v) is 8.75. The number of hydrogen-bond donors (Lipinski definition) is 1. The Labute approximate surface area is 140 Å². The van der Waals surface area contributed by atoms with Gasteiger partial charge >= 0.3 is 0 Å². The van der Waals surface area contributed by atoms with E-state index < -0.39 is 10.0 Å². The quantitative estimate of drug-likeness (QED) is 0.791. The number of primary sulfonamides is 1. The summed E-state index contributed by atoms with van der Waals surface area (Å²) in [4.78, 5) is 4.37. The van der Waals surface area contributed by atoms with Crippen LogP contribution in [0.2, 0.25) is 0 Å². The maximum Gasteiger partial charge on any atom is 0.238 e. The van der Waals surface area contributed by atoms with Crippen molar-refractivity contribution in [2.24, 2.45) is 5.14 Å². The highest BCUT2D eigenvalue weighted by molar-refractivity contribution is 7.89. The smallest absolute Gasteiger partial charge is 0.238 e. The van der Waals surface area contributed by atoms with Crippen LogP contribution in [0, 0.1) is 0 Å². The van der Waals surface area contributed by atoms with Crippen molar-refractivity contribution in [3.8, 4) is 28.0 Å². The zero-order valence-electron chi connectivity index (χ0n) is 13.0. The van der Waals surface area contributed by atoms with Crippen molar-refractivity contribution in [2.75, 3.05) is 7.11 Å². The highest BCUT2D eigenvalue weighted by Crippen LogP contribution is 2.27. The van der Waals surface area contributed by atoms with Crippen molar-refractivity contribution in [3.63, 3.8) is 0 Å². The van der Waals surface area contributed by atoms with Gasteiger partial charge in [-0.2, -0.15) is 0 Å². The predicted octanol–water partition coefficient (Wildman–Crippen LogP) is 3.07. The fourth-order valence-corrected chi connectivity index (χ4v) is 2.89. The van der Waals surface area contributed by atoms with Gasteiger partial charge in [0.25, 0.3) is 0 Å².